The normalized spacial score (nSPS) is 13.7. The Morgan fingerprint density at radius 2 is 1.63 bits per heavy atom. The number of aromatic nitrogens is 1. The molecule has 0 spiro atoms. The molecule has 1 aliphatic heterocycles. The van der Waals surface area contributed by atoms with E-state index in [-0.39, 0.29) is 10.7 Å². The minimum absolute atomic E-state index is 0.161. The van der Waals surface area contributed by atoms with Gasteiger partial charge in [0.25, 0.3) is 5.91 Å². The summed E-state index contributed by atoms with van der Waals surface area (Å²) in [6, 6.07) is 0. The fourth-order valence-corrected chi connectivity index (χ4v) is 1.97. The number of nitrogens with two attached hydrogens (primary N) is 1. The highest BCUT2D eigenvalue weighted by Crippen LogP contribution is 2.28. The van der Waals surface area contributed by atoms with E-state index in [4.69, 9.17) is 28.9 Å². The van der Waals surface area contributed by atoms with Crippen molar-refractivity contribution < 1.29 is 4.79 Å². The lowest BCUT2D eigenvalue weighted by atomic mass is 10.2. The van der Waals surface area contributed by atoms with Gasteiger partial charge in [0.05, 0.1) is 10.0 Å². The van der Waals surface area contributed by atoms with Crippen LogP contribution in [0.15, 0.2) is 0 Å². The van der Waals surface area contributed by atoms with E-state index in [1.165, 1.54) is 32.4 Å². The van der Waals surface area contributed by atoms with Crippen molar-refractivity contribution in [3.05, 3.63) is 21.4 Å². The van der Waals surface area contributed by atoms with Crippen LogP contribution in [-0.4, -0.2) is 24.0 Å². The second kappa shape index (κ2) is 10.1. The molecule has 1 amide bonds. The zero-order valence-corrected chi connectivity index (χ0v) is 13.3. The molecule has 1 aliphatic rings. The highest BCUT2D eigenvalue weighted by molar-refractivity contribution is 6.44. The van der Waals surface area contributed by atoms with Crippen LogP contribution in [0.2, 0.25) is 10.0 Å². The molecule has 1 fully saturated rings. The average molecular weight is 308 g/mol. The number of H-pyrrole nitrogens is 1. The van der Waals surface area contributed by atoms with E-state index in [0.29, 0.717) is 10.7 Å². The van der Waals surface area contributed by atoms with Crippen molar-refractivity contribution in [3.63, 3.8) is 0 Å². The SMILES string of the molecule is C1CCNCC1.CC.Cc1[nH]c(C(N)=O)c(Cl)c1Cl. The van der Waals surface area contributed by atoms with Crippen molar-refractivity contribution in [3.8, 4) is 0 Å². The summed E-state index contributed by atoms with van der Waals surface area (Å²) in [7, 11) is 0. The van der Waals surface area contributed by atoms with Gasteiger partial charge in [-0.3, -0.25) is 4.79 Å². The topological polar surface area (TPSA) is 70.9 Å². The van der Waals surface area contributed by atoms with Crippen LogP contribution < -0.4 is 11.1 Å². The van der Waals surface area contributed by atoms with E-state index in [1.54, 1.807) is 6.92 Å². The predicted molar refractivity (Wildman–Crippen MR) is 82.1 cm³/mol. The van der Waals surface area contributed by atoms with Crippen LogP contribution in [-0.2, 0) is 0 Å². The Balaban J connectivity index is 0.000000341. The molecule has 19 heavy (non-hydrogen) atoms. The third-order valence-corrected chi connectivity index (χ3v) is 3.45. The fourth-order valence-electron chi connectivity index (χ4n) is 1.54. The van der Waals surface area contributed by atoms with Crippen molar-refractivity contribution in [2.45, 2.75) is 40.0 Å². The fraction of sp³-hybridized carbons (Fsp3) is 0.615. The summed E-state index contributed by atoms with van der Waals surface area (Å²) in [5, 5.41) is 3.82. The zero-order valence-electron chi connectivity index (χ0n) is 11.8. The van der Waals surface area contributed by atoms with Crippen LogP contribution in [0.1, 0.15) is 49.3 Å². The van der Waals surface area contributed by atoms with Gasteiger partial charge in [-0.25, -0.2) is 0 Å². The van der Waals surface area contributed by atoms with E-state index in [9.17, 15) is 4.79 Å². The number of hydrogen-bond donors (Lipinski definition) is 3. The number of amides is 1. The number of aromatic amines is 1. The van der Waals surface area contributed by atoms with Gasteiger partial charge in [-0.2, -0.15) is 0 Å². The summed E-state index contributed by atoms with van der Waals surface area (Å²) >= 11 is 11.3. The van der Waals surface area contributed by atoms with Gasteiger partial charge < -0.3 is 16.0 Å². The third-order valence-electron chi connectivity index (χ3n) is 2.51. The Kier molecular flexibility index (Phi) is 9.74. The van der Waals surface area contributed by atoms with Crippen molar-refractivity contribution in [2.24, 2.45) is 5.73 Å². The van der Waals surface area contributed by atoms with Crippen LogP contribution in [0, 0.1) is 6.92 Å². The molecular weight excluding hydrogens is 285 g/mol. The van der Waals surface area contributed by atoms with Crippen molar-refractivity contribution >= 4 is 29.1 Å². The number of piperidine rings is 1. The highest BCUT2D eigenvalue weighted by Gasteiger charge is 2.14. The first-order chi connectivity index (χ1) is 9.04. The van der Waals surface area contributed by atoms with Gasteiger partial charge in [-0.05, 0) is 32.9 Å². The second-order valence-corrected chi connectivity index (χ2v) is 4.68. The molecule has 110 valence electrons. The second-order valence-electron chi connectivity index (χ2n) is 3.93. The molecule has 6 heteroatoms. The number of nitrogens with one attached hydrogen (secondary N) is 2. The maximum absolute atomic E-state index is 10.6. The first kappa shape index (κ1) is 18.3. The summed E-state index contributed by atoms with van der Waals surface area (Å²) < 4.78 is 0. The Labute approximate surface area is 125 Å². The van der Waals surface area contributed by atoms with Crippen molar-refractivity contribution in [2.75, 3.05) is 13.1 Å². The molecule has 4 nitrogen and oxygen atoms in total. The predicted octanol–water partition coefficient (Wildman–Crippen LogP) is 3.51. The van der Waals surface area contributed by atoms with E-state index in [1.807, 2.05) is 13.8 Å². The van der Waals surface area contributed by atoms with Gasteiger partial charge in [0.15, 0.2) is 0 Å². The van der Waals surface area contributed by atoms with Crippen LogP contribution in [0.4, 0.5) is 0 Å². The van der Waals surface area contributed by atoms with Crippen LogP contribution in [0.3, 0.4) is 0 Å². The number of primary amides is 1. The third kappa shape index (κ3) is 6.32. The summed E-state index contributed by atoms with van der Waals surface area (Å²) in [6.07, 6.45) is 4.22. The monoisotopic (exact) mass is 307 g/mol. The molecule has 2 heterocycles. The van der Waals surface area contributed by atoms with Crippen LogP contribution in [0.5, 0.6) is 0 Å². The molecule has 0 aliphatic carbocycles. The number of carbonyl (C=O) groups is 1. The summed E-state index contributed by atoms with van der Waals surface area (Å²) in [5.41, 5.74) is 5.79. The quantitative estimate of drug-likeness (QED) is 0.743. The Hall–Kier alpha value is -0.710. The Bertz CT molecular complexity index is 376. The van der Waals surface area contributed by atoms with Gasteiger partial charge in [0, 0.05) is 5.69 Å². The lowest BCUT2D eigenvalue weighted by Gasteiger charge is -2.08. The van der Waals surface area contributed by atoms with Gasteiger partial charge >= 0.3 is 0 Å². The first-order valence-electron chi connectivity index (χ1n) is 6.58. The average Bonchev–Trinajstić information content (AvgIpc) is 2.71. The van der Waals surface area contributed by atoms with E-state index >= 15 is 0 Å². The molecule has 1 saturated heterocycles. The number of hydrogen-bond acceptors (Lipinski definition) is 2. The smallest absolute Gasteiger partial charge is 0.266 e. The maximum atomic E-state index is 10.6. The number of aryl methyl sites for hydroxylation is 1. The summed E-state index contributed by atoms with van der Waals surface area (Å²) in [4.78, 5) is 13.3. The van der Waals surface area contributed by atoms with E-state index in [0.717, 1.165) is 0 Å². The molecule has 1 aromatic rings. The van der Waals surface area contributed by atoms with Crippen molar-refractivity contribution in [1.29, 1.82) is 0 Å². The molecular formula is C13H23Cl2N3O. The summed E-state index contributed by atoms with van der Waals surface area (Å²) in [6.45, 7) is 8.21. The maximum Gasteiger partial charge on any atom is 0.266 e. The molecule has 4 N–H and O–H groups in total. The molecule has 0 atom stereocenters. The molecule has 2 rings (SSSR count). The van der Waals surface area contributed by atoms with Gasteiger partial charge in [-0.15, -0.1) is 0 Å². The first-order valence-corrected chi connectivity index (χ1v) is 7.33. The molecule has 0 aromatic carbocycles. The van der Waals surface area contributed by atoms with Gasteiger partial charge in [0.2, 0.25) is 0 Å². The zero-order chi connectivity index (χ0) is 14.8. The number of rotatable bonds is 1. The molecule has 1 aromatic heterocycles. The standard InChI is InChI=1S/C6H6Cl2N2O.C5H11N.C2H6/c1-2-3(7)4(8)5(10-2)6(9)11;1-2-4-6-5-3-1;1-2/h10H,1H3,(H2,9,11);6H,1-5H2;1-2H3. The number of halogens is 2. The van der Waals surface area contributed by atoms with Crippen LogP contribution in [0.25, 0.3) is 0 Å². The van der Waals surface area contributed by atoms with Crippen LogP contribution >= 0.6 is 23.2 Å². The number of carbonyl (C=O) groups excluding carboxylic acids is 1. The van der Waals surface area contributed by atoms with E-state index in [2.05, 4.69) is 10.3 Å². The molecule has 0 radical (unpaired) electrons. The van der Waals surface area contributed by atoms with Gasteiger partial charge in [0.1, 0.15) is 5.69 Å². The molecule has 0 unspecified atom stereocenters. The highest BCUT2D eigenvalue weighted by atomic mass is 35.5. The summed E-state index contributed by atoms with van der Waals surface area (Å²) in [5.74, 6) is -0.606. The Morgan fingerprint density at radius 1 is 1.11 bits per heavy atom. The Morgan fingerprint density at radius 3 is 1.79 bits per heavy atom. The minimum atomic E-state index is -0.606. The lowest BCUT2D eigenvalue weighted by molar-refractivity contribution is 0.0996. The molecule has 0 saturated carbocycles. The van der Waals surface area contributed by atoms with Gasteiger partial charge in [-0.1, -0.05) is 43.5 Å². The van der Waals surface area contributed by atoms with E-state index < -0.39 is 5.91 Å². The largest absolute Gasteiger partial charge is 0.364 e. The van der Waals surface area contributed by atoms with Crippen molar-refractivity contribution in [1.82, 2.24) is 10.3 Å². The molecule has 0 bridgehead atoms. The minimum Gasteiger partial charge on any atom is -0.364 e. The lowest BCUT2D eigenvalue weighted by Crippen LogP contribution is -2.21.